The van der Waals surface area contributed by atoms with Gasteiger partial charge in [0.1, 0.15) is 6.29 Å². The predicted octanol–water partition coefficient (Wildman–Crippen LogP) is 1.67. The molecule has 0 atom stereocenters. The molecule has 0 spiro atoms. The van der Waals surface area contributed by atoms with Crippen LogP contribution in [0.5, 0.6) is 0 Å². The molecule has 0 N–H and O–H groups in total. The highest BCUT2D eigenvalue weighted by atomic mass is 16.1. The Kier molecular flexibility index (Phi) is 4.33. The first-order chi connectivity index (χ1) is 6.72. The molecule has 1 rings (SSSR count). The van der Waals surface area contributed by atoms with Crippen molar-refractivity contribution in [2.45, 2.75) is 13.3 Å². The average Bonchev–Trinajstić information content (AvgIpc) is 2.15. The lowest BCUT2D eigenvalue weighted by atomic mass is 10.1. The summed E-state index contributed by atoms with van der Waals surface area (Å²) in [6.07, 6.45) is 1.95. The molecular formula is C12H17NO. The van der Waals surface area contributed by atoms with Crippen molar-refractivity contribution in [3.8, 4) is 0 Å². The molecule has 14 heavy (non-hydrogen) atoms. The van der Waals surface area contributed by atoms with Crippen molar-refractivity contribution in [1.82, 2.24) is 4.90 Å². The zero-order chi connectivity index (χ0) is 10.4. The molecule has 0 unspecified atom stereocenters. The molecule has 2 nitrogen and oxygen atoms in total. The molecule has 0 bridgehead atoms. The maximum Gasteiger partial charge on any atom is 0.133 e. The van der Waals surface area contributed by atoms with E-state index in [0.717, 1.165) is 19.3 Å². The molecule has 1 aromatic carbocycles. The summed E-state index contributed by atoms with van der Waals surface area (Å²) < 4.78 is 0. The summed E-state index contributed by atoms with van der Waals surface area (Å²) in [7, 11) is 1.96. The number of benzene rings is 1. The number of carbonyl (C=O) groups is 1. The summed E-state index contributed by atoms with van der Waals surface area (Å²) in [5, 5.41) is 0. The number of hydrogen-bond donors (Lipinski definition) is 0. The summed E-state index contributed by atoms with van der Waals surface area (Å²) in [5.41, 5.74) is 2.63. The van der Waals surface area contributed by atoms with Gasteiger partial charge in [-0.3, -0.25) is 4.90 Å². The van der Waals surface area contributed by atoms with E-state index in [0.29, 0.717) is 6.54 Å². The van der Waals surface area contributed by atoms with Crippen LogP contribution in [0.25, 0.3) is 0 Å². The van der Waals surface area contributed by atoms with Crippen molar-refractivity contribution in [3.63, 3.8) is 0 Å². The van der Waals surface area contributed by atoms with Crippen LogP contribution in [0.4, 0.5) is 0 Å². The third-order valence-electron chi connectivity index (χ3n) is 2.25. The minimum absolute atomic E-state index is 0.520. The standard InChI is InChI=1S/C12H17NO/c1-11-4-3-5-12(10-11)6-7-13(2)8-9-14/h3-5,9-10H,6-8H2,1-2H3. The molecule has 0 saturated heterocycles. The number of carbonyl (C=O) groups excluding carboxylic acids is 1. The van der Waals surface area contributed by atoms with Gasteiger partial charge in [0.05, 0.1) is 6.54 Å². The molecule has 0 fully saturated rings. The molecule has 0 radical (unpaired) electrons. The van der Waals surface area contributed by atoms with Crippen molar-refractivity contribution in [3.05, 3.63) is 35.4 Å². The summed E-state index contributed by atoms with van der Waals surface area (Å²) in [4.78, 5) is 12.3. The molecule has 0 heterocycles. The van der Waals surface area contributed by atoms with E-state index in [2.05, 4.69) is 31.2 Å². The Balaban J connectivity index is 2.41. The van der Waals surface area contributed by atoms with E-state index in [1.165, 1.54) is 11.1 Å². The van der Waals surface area contributed by atoms with Gasteiger partial charge in [-0.25, -0.2) is 0 Å². The second kappa shape index (κ2) is 5.55. The first-order valence-corrected chi connectivity index (χ1v) is 4.90. The molecule has 0 amide bonds. The highest BCUT2D eigenvalue weighted by Crippen LogP contribution is 2.04. The van der Waals surface area contributed by atoms with Gasteiger partial charge in [0.15, 0.2) is 0 Å². The van der Waals surface area contributed by atoms with Gasteiger partial charge in [0, 0.05) is 6.54 Å². The van der Waals surface area contributed by atoms with Crippen LogP contribution in [0.3, 0.4) is 0 Å². The average molecular weight is 191 g/mol. The van der Waals surface area contributed by atoms with Crippen LogP contribution in [-0.4, -0.2) is 31.3 Å². The Morgan fingerprint density at radius 1 is 1.43 bits per heavy atom. The quantitative estimate of drug-likeness (QED) is 0.660. The monoisotopic (exact) mass is 191 g/mol. The minimum Gasteiger partial charge on any atom is -0.302 e. The summed E-state index contributed by atoms with van der Waals surface area (Å²) >= 11 is 0. The molecule has 0 aliphatic heterocycles. The Labute approximate surface area is 85.5 Å². The van der Waals surface area contributed by atoms with Gasteiger partial charge in [-0.05, 0) is 26.0 Å². The zero-order valence-electron chi connectivity index (χ0n) is 8.86. The molecule has 76 valence electrons. The van der Waals surface area contributed by atoms with Crippen molar-refractivity contribution < 1.29 is 4.79 Å². The van der Waals surface area contributed by atoms with E-state index in [1.54, 1.807) is 0 Å². The lowest BCUT2D eigenvalue weighted by molar-refractivity contribution is -0.108. The second-order valence-corrected chi connectivity index (χ2v) is 3.67. The van der Waals surface area contributed by atoms with E-state index in [1.807, 2.05) is 11.9 Å². The molecule has 0 saturated carbocycles. The first-order valence-electron chi connectivity index (χ1n) is 4.90. The van der Waals surface area contributed by atoms with Gasteiger partial charge >= 0.3 is 0 Å². The van der Waals surface area contributed by atoms with Crippen molar-refractivity contribution in [2.24, 2.45) is 0 Å². The van der Waals surface area contributed by atoms with Gasteiger partial charge < -0.3 is 4.79 Å². The maximum absolute atomic E-state index is 10.2. The van der Waals surface area contributed by atoms with Gasteiger partial charge in [-0.1, -0.05) is 29.8 Å². The fraction of sp³-hybridized carbons (Fsp3) is 0.417. The summed E-state index contributed by atoms with van der Waals surface area (Å²) in [6, 6.07) is 8.49. The lowest BCUT2D eigenvalue weighted by Gasteiger charge is -2.12. The normalized spacial score (nSPS) is 10.5. The van der Waals surface area contributed by atoms with Crippen molar-refractivity contribution in [2.75, 3.05) is 20.1 Å². The lowest BCUT2D eigenvalue weighted by Crippen LogP contribution is -2.23. The Morgan fingerprint density at radius 2 is 2.21 bits per heavy atom. The highest BCUT2D eigenvalue weighted by molar-refractivity contribution is 5.51. The first kappa shape index (κ1) is 10.9. The molecule has 0 aromatic heterocycles. The van der Waals surface area contributed by atoms with E-state index in [4.69, 9.17) is 0 Å². The smallest absolute Gasteiger partial charge is 0.133 e. The van der Waals surface area contributed by atoms with E-state index < -0.39 is 0 Å². The van der Waals surface area contributed by atoms with Crippen LogP contribution < -0.4 is 0 Å². The fourth-order valence-corrected chi connectivity index (χ4v) is 1.41. The molecule has 2 heteroatoms. The number of aldehydes is 1. The summed E-state index contributed by atoms with van der Waals surface area (Å²) in [5.74, 6) is 0. The van der Waals surface area contributed by atoms with Crippen LogP contribution in [0, 0.1) is 6.92 Å². The highest BCUT2D eigenvalue weighted by Gasteiger charge is 1.98. The Morgan fingerprint density at radius 3 is 2.86 bits per heavy atom. The van der Waals surface area contributed by atoms with Gasteiger partial charge in [-0.15, -0.1) is 0 Å². The zero-order valence-corrected chi connectivity index (χ0v) is 8.86. The third kappa shape index (κ3) is 3.71. The van der Waals surface area contributed by atoms with Crippen molar-refractivity contribution >= 4 is 6.29 Å². The molecule has 1 aromatic rings. The van der Waals surface area contributed by atoms with Crippen LogP contribution >= 0.6 is 0 Å². The largest absolute Gasteiger partial charge is 0.302 e. The Hall–Kier alpha value is -1.15. The van der Waals surface area contributed by atoms with E-state index >= 15 is 0 Å². The van der Waals surface area contributed by atoms with Gasteiger partial charge in [-0.2, -0.15) is 0 Å². The number of rotatable bonds is 5. The maximum atomic E-state index is 10.2. The topological polar surface area (TPSA) is 20.3 Å². The third-order valence-corrected chi connectivity index (χ3v) is 2.25. The van der Waals surface area contributed by atoms with Crippen LogP contribution in [0.2, 0.25) is 0 Å². The van der Waals surface area contributed by atoms with E-state index in [-0.39, 0.29) is 0 Å². The van der Waals surface area contributed by atoms with Gasteiger partial charge in [0.2, 0.25) is 0 Å². The summed E-state index contributed by atoms with van der Waals surface area (Å²) in [6.45, 7) is 3.55. The molecular weight excluding hydrogens is 174 g/mol. The van der Waals surface area contributed by atoms with Crippen LogP contribution in [0.1, 0.15) is 11.1 Å². The predicted molar refractivity (Wildman–Crippen MR) is 58.4 cm³/mol. The Bertz CT molecular complexity index is 296. The van der Waals surface area contributed by atoms with E-state index in [9.17, 15) is 4.79 Å². The van der Waals surface area contributed by atoms with Crippen LogP contribution in [-0.2, 0) is 11.2 Å². The number of hydrogen-bond acceptors (Lipinski definition) is 2. The van der Waals surface area contributed by atoms with Crippen LogP contribution in [0.15, 0.2) is 24.3 Å². The molecule has 0 aliphatic carbocycles. The second-order valence-electron chi connectivity index (χ2n) is 3.67. The number of likely N-dealkylation sites (N-methyl/N-ethyl adjacent to an activating group) is 1. The fourth-order valence-electron chi connectivity index (χ4n) is 1.41. The number of nitrogens with zero attached hydrogens (tertiary/aromatic N) is 1. The van der Waals surface area contributed by atoms with Crippen molar-refractivity contribution in [1.29, 1.82) is 0 Å². The number of aryl methyl sites for hydroxylation is 1. The molecule has 0 aliphatic rings. The van der Waals surface area contributed by atoms with Gasteiger partial charge in [0.25, 0.3) is 0 Å². The minimum atomic E-state index is 0.520. The SMILES string of the molecule is Cc1cccc(CCN(C)CC=O)c1.